The summed E-state index contributed by atoms with van der Waals surface area (Å²) in [5.41, 5.74) is 3.69. The standard InChI is InChI=1S/C24H28FN3O/c1-27-13-4-6-19(16-27)22-15-26-24(29-22)28-14-12-17-5-2-3-7-21(17)23(28)18-8-10-20(25)11-9-18/h2-3,5,7-11,19,22-23H,4,6,12-16H2,1H3/t19-,22?,23-/m0/s1. The van der Waals surface area contributed by atoms with E-state index in [1.54, 1.807) is 12.1 Å². The molecule has 1 unspecified atom stereocenters. The van der Waals surface area contributed by atoms with Gasteiger partial charge in [-0.15, -0.1) is 0 Å². The molecular weight excluding hydrogens is 365 g/mol. The zero-order valence-corrected chi connectivity index (χ0v) is 16.9. The van der Waals surface area contributed by atoms with Gasteiger partial charge in [0.15, 0.2) is 0 Å². The van der Waals surface area contributed by atoms with Crippen LogP contribution in [0.5, 0.6) is 0 Å². The minimum Gasteiger partial charge on any atom is -0.460 e. The van der Waals surface area contributed by atoms with Crippen LogP contribution in [0.15, 0.2) is 53.5 Å². The van der Waals surface area contributed by atoms with Gasteiger partial charge < -0.3 is 14.5 Å². The molecule has 0 N–H and O–H groups in total. The molecule has 0 aliphatic carbocycles. The highest BCUT2D eigenvalue weighted by atomic mass is 19.1. The SMILES string of the molecule is CN1CCC[C@H](C2CN=C(N3CCc4ccccc4[C@@H]3c3ccc(F)cc3)O2)C1. The molecular formula is C24H28FN3O. The van der Waals surface area contributed by atoms with Crippen LogP contribution in [-0.4, -0.2) is 55.2 Å². The number of rotatable bonds is 2. The fourth-order valence-electron chi connectivity index (χ4n) is 5.07. The highest BCUT2D eigenvalue weighted by Gasteiger charge is 2.37. The molecule has 1 saturated heterocycles. The Bertz CT molecular complexity index is 897. The monoisotopic (exact) mass is 393 g/mol. The van der Waals surface area contributed by atoms with Crippen LogP contribution in [0.1, 0.15) is 35.6 Å². The molecule has 29 heavy (non-hydrogen) atoms. The Morgan fingerprint density at radius 3 is 2.72 bits per heavy atom. The van der Waals surface area contributed by atoms with Crippen molar-refractivity contribution in [2.45, 2.75) is 31.4 Å². The Hall–Kier alpha value is -2.40. The van der Waals surface area contributed by atoms with E-state index in [9.17, 15) is 4.39 Å². The molecule has 3 heterocycles. The highest BCUT2D eigenvalue weighted by Crippen LogP contribution is 2.37. The molecule has 0 saturated carbocycles. The second-order valence-corrected chi connectivity index (χ2v) is 8.54. The molecule has 0 aromatic heterocycles. The predicted octanol–water partition coefficient (Wildman–Crippen LogP) is 3.87. The number of halogens is 1. The van der Waals surface area contributed by atoms with Gasteiger partial charge in [-0.1, -0.05) is 36.4 Å². The first-order chi connectivity index (χ1) is 14.2. The zero-order valence-electron chi connectivity index (χ0n) is 16.9. The predicted molar refractivity (Wildman–Crippen MR) is 112 cm³/mol. The Labute approximate surface area is 172 Å². The van der Waals surface area contributed by atoms with Crippen LogP contribution in [0.25, 0.3) is 0 Å². The van der Waals surface area contributed by atoms with E-state index in [-0.39, 0.29) is 18.0 Å². The van der Waals surface area contributed by atoms with Crippen molar-refractivity contribution in [1.29, 1.82) is 0 Å². The maximum absolute atomic E-state index is 13.6. The average molecular weight is 394 g/mol. The molecule has 0 amide bonds. The summed E-state index contributed by atoms with van der Waals surface area (Å²) in [7, 11) is 2.19. The number of ether oxygens (including phenoxy) is 1. The molecule has 4 nitrogen and oxygen atoms in total. The maximum Gasteiger partial charge on any atom is 0.288 e. The number of fused-ring (bicyclic) bond motifs is 1. The second-order valence-electron chi connectivity index (χ2n) is 8.54. The molecule has 3 aliphatic rings. The van der Waals surface area contributed by atoms with E-state index in [2.05, 4.69) is 41.1 Å². The molecule has 0 spiro atoms. The molecule has 3 aliphatic heterocycles. The van der Waals surface area contributed by atoms with Crippen molar-refractivity contribution in [2.75, 3.05) is 33.2 Å². The molecule has 2 aromatic rings. The molecule has 5 heteroatoms. The van der Waals surface area contributed by atoms with E-state index in [1.165, 1.54) is 30.5 Å². The first-order valence-electron chi connectivity index (χ1n) is 10.7. The van der Waals surface area contributed by atoms with Gasteiger partial charge in [0.25, 0.3) is 6.02 Å². The van der Waals surface area contributed by atoms with Gasteiger partial charge >= 0.3 is 0 Å². The lowest BCUT2D eigenvalue weighted by Crippen LogP contribution is -2.43. The van der Waals surface area contributed by atoms with Crippen LogP contribution in [0.3, 0.4) is 0 Å². The van der Waals surface area contributed by atoms with Crippen LogP contribution in [0.4, 0.5) is 4.39 Å². The van der Waals surface area contributed by atoms with Crippen molar-refractivity contribution in [3.8, 4) is 0 Å². The molecule has 1 fully saturated rings. The Balaban J connectivity index is 1.42. The molecule has 0 bridgehead atoms. The molecule has 152 valence electrons. The minimum absolute atomic E-state index is 0.00656. The van der Waals surface area contributed by atoms with E-state index in [0.29, 0.717) is 5.92 Å². The smallest absolute Gasteiger partial charge is 0.288 e. The molecule has 2 aromatic carbocycles. The van der Waals surface area contributed by atoms with E-state index in [4.69, 9.17) is 9.73 Å². The zero-order chi connectivity index (χ0) is 19.8. The van der Waals surface area contributed by atoms with Crippen molar-refractivity contribution in [2.24, 2.45) is 10.9 Å². The second kappa shape index (κ2) is 7.79. The molecule has 3 atom stereocenters. The van der Waals surface area contributed by atoms with Crippen LogP contribution in [-0.2, 0) is 11.2 Å². The van der Waals surface area contributed by atoms with E-state index in [0.717, 1.165) is 37.6 Å². The third-order valence-corrected chi connectivity index (χ3v) is 6.56. The van der Waals surface area contributed by atoms with E-state index in [1.807, 2.05) is 12.1 Å². The summed E-state index contributed by atoms with van der Waals surface area (Å²) in [6, 6.07) is 16.2. The summed E-state index contributed by atoms with van der Waals surface area (Å²) in [5.74, 6) is 0.330. The summed E-state index contributed by atoms with van der Waals surface area (Å²) < 4.78 is 20.0. The van der Waals surface area contributed by atoms with Gasteiger partial charge in [0.1, 0.15) is 11.9 Å². The normalized spacial score (nSPS) is 27.3. The van der Waals surface area contributed by atoms with Crippen LogP contribution in [0.2, 0.25) is 0 Å². The molecule has 5 rings (SSSR count). The lowest BCUT2D eigenvalue weighted by atomic mass is 9.88. The summed E-state index contributed by atoms with van der Waals surface area (Å²) in [6.45, 7) is 3.85. The van der Waals surface area contributed by atoms with Crippen molar-refractivity contribution >= 4 is 6.02 Å². The van der Waals surface area contributed by atoms with Crippen molar-refractivity contribution in [3.63, 3.8) is 0 Å². The summed E-state index contributed by atoms with van der Waals surface area (Å²) in [5, 5.41) is 0. The van der Waals surface area contributed by atoms with Gasteiger partial charge in [-0.2, -0.15) is 0 Å². The first kappa shape index (κ1) is 18.6. The van der Waals surface area contributed by atoms with Gasteiger partial charge in [-0.3, -0.25) is 0 Å². The van der Waals surface area contributed by atoms with Crippen LogP contribution < -0.4 is 0 Å². The number of hydrogen-bond acceptors (Lipinski definition) is 4. The lowest BCUT2D eigenvalue weighted by Gasteiger charge is -2.39. The topological polar surface area (TPSA) is 28.1 Å². The average Bonchev–Trinajstić information content (AvgIpc) is 3.24. The number of amidine groups is 1. The molecule has 0 radical (unpaired) electrons. The largest absolute Gasteiger partial charge is 0.460 e. The third-order valence-electron chi connectivity index (χ3n) is 6.56. The van der Waals surface area contributed by atoms with E-state index >= 15 is 0 Å². The minimum atomic E-state index is -0.208. The van der Waals surface area contributed by atoms with Gasteiger partial charge in [0, 0.05) is 19.0 Å². The Morgan fingerprint density at radius 1 is 1.07 bits per heavy atom. The van der Waals surface area contributed by atoms with Gasteiger partial charge in [-0.25, -0.2) is 9.38 Å². The quantitative estimate of drug-likeness (QED) is 0.775. The number of aliphatic imine (C=N–C) groups is 1. The first-order valence-corrected chi connectivity index (χ1v) is 10.7. The van der Waals surface area contributed by atoms with Crippen molar-refractivity contribution in [1.82, 2.24) is 9.80 Å². The van der Waals surface area contributed by atoms with Gasteiger partial charge in [0.2, 0.25) is 0 Å². The summed E-state index contributed by atoms with van der Waals surface area (Å²) >= 11 is 0. The number of likely N-dealkylation sites (tertiary alicyclic amines) is 1. The number of nitrogens with zero attached hydrogens (tertiary/aromatic N) is 3. The van der Waals surface area contributed by atoms with Crippen LogP contribution in [0, 0.1) is 11.7 Å². The summed E-state index contributed by atoms with van der Waals surface area (Å²) in [6.07, 6.45) is 3.57. The van der Waals surface area contributed by atoms with Gasteiger partial charge in [0.05, 0.1) is 12.6 Å². The maximum atomic E-state index is 13.6. The summed E-state index contributed by atoms with van der Waals surface area (Å²) in [4.78, 5) is 9.51. The Morgan fingerprint density at radius 2 is 1.90 bits per heavy atom. The number of benzene rings is 2. The van der Waals surface area contributed by atoms with Crippen LogP contribution >= 0.6 is 0 Å². The van der Waals surface area contributed by atoms with Gasteiger partial charge in [-0.05, 0) is 61.7 Å². The van der Waals surface area contributed by atoms with E-state index < -0.39 is 0 Å². The Kier molecular flexibility index (Phi) is 5.00. The fraction of sp³-hybridized carbons (Fsp3) is 0.458. The third kappa shape index (κ3) is 3.64. The number of piperidine rings is 1. The van der Waals surface area contributed by atoms with Crippen molar-refractivity contribution in [3.05, 3.63) is 71.0 Å². The highest BCUT2D eigenvalue weighted by molar-refractivity contribution is 5.77. The number of hydrogen-bond donors (Lipinski definition) is 0. The lowest BCUT2D eigenvalue weighted by molar-refractivity contribution is 0.0732. The fourth-order valence-corrected chi connectivity index (χ4v) is 5.07. The van der Waals surface area contributed by atoms with Crippen molar-refractivity contribution < 1.29 is 9.13 Å².